The molecule has 0 saturated carbocycles. The Morgan fingerprint density at radius 3 is 2.59 bits per heavy atom. The van der Waals surface area contributed by atoms with Crippen LogP contribution in [0.2, 0.25) is 0 Å². The van der Waals surface area contributed by atoms with Gasteiger partial charge in [-0.15, -0.1) is 0 Å². The first-order chi connectivity index (χ1) is 10.4. The number of rotatable bonds is 2. The van der Waals surface area contributed by atoms with Gasteiger partial charge in [-0.05, 0) is 36.5 Å². The van der Waals surface area contributed by atoms with Crippen molar-refractivity contribution < 1.29 is 20.1 Å². The molecule has 0 radical (unpaired) electrons. The van der Waals surface area contributed by atoms with Crippen LogP contribution in [0, 0.1) is 23.2 Å². The molecule has 3 rings (SSSR count). The normalized spacial score (nSPS) is 37.7. The van der Waals surface area contributed by atoms with Crippen molar-refractivity contribution >= 4 is 0 Å². The third-order valence-electron chi connectivity index (χ3n) is 5.87. The van der Waals surface area contributed by atoms with Gasteiger partial charge in [0.05, 0.1) is 19.3 Å². The van der Waals surface area contributed by atoms with Gasteiger partial charge in [0.15, 0.2) is 11.5 Å². The number of ether oxygens (including phenoxy) is 1. The van der Waals surface area contributed by atoms with Crippen molar-refractivity contribution in [3.63, 3.8) is 0 Å². The second kappa shape index (κ2) is 5.28. The zero-order chi connectivity index (χ0) is 16.1. The molecule has 120 valence electrons. The minimum absolute atomic E-state index is 0.114. The van der Waals surface area contributed by atoms with Gasteiger partial charge < -0.3 is 20.1 Å². The molecule has 0 spiro atoms. The Balaban J connectivity index is 2.03. The van der Waals surface area contributed by atoms with Crippen molar-refractivity contribution in [3.05, 3.63) is 35.4 Å². The standard InChI is InChI=1S/C18H24O4/c1-10-6-11(2)18(8-19)9-22-17(16(10)12(18)3)13-4-5-14(20)15(21)7-13/h4-7,11-12,16-17,19-21H,8-9H2,1-3H3. The second-order valence-electron chi connectivity index (χ2n) is 6.88. The lowest BCUT2D eigenvalue weighted by atomic mass is 9.56. The summed E-state index contributed by atoms with van der Waals surface area (Å²) in [5.41, 5.74) is 1.89. The van der Waals surface area contributed by atoms with E-state index in [0.717, 1.165) is 5.56 Å². The molecule has 1 aromatic carbocycles. The molecule has 1 saturated heterocycles. The molecule has 5 atom stereocenters. The van der Waals surface area contributed by atoms with Crippen LogP contribution < -0.4 is 0 Å². The highest BCUT2D eigenvalue weighted by Gasteiger charge is 2.53. The molecule has 1 aromatic rings. The van der Waals surface area contributed by atoms with Crippen LogP contribution in [-0.4, -0.2) is 28.5 Å². The lowest BCUT2D eigenvalue weighted by molar-refractivity contribution is -0.165. The van der Waals surface area contributed by atoms with E-state index in [2.05, 4.69) is 26.8 Å². The van der Waals surface area contributed by atoms with Gasteiger partial charge in [0.2, 0.25) is 0 Å². The van der Waals surface area contributed by atoms with Gasteiger partial charge in [0, 0.05) is 11.3 Å². The molecule has 4 heteroatoms. The summed E-state index contributed by atoms with van der Waals surface area (Å²) < 4.78 is 6.14. The molecule has 1 aliphatic carbocycles. The lowest BCUT2D eigenvalue weighted by Crippen LogP contribution is -2.53. The Labute approximate surface area is 131 Å². The second-order valence-corrected chi connectivity index (χ2v) is 6.88. The van der Waals surface area contributed by atoms with Gasteiger partial charge in [0.1, 0.15) is 0 Å². The van der Waals surface area contributed by atoms with E-state index in [-0.39, 0.29) is 47.4 Å². The van der Waals surface area contributed by atoms with Crippen LogP contribution in [0.4, 0.5) is 0 Å². The Bertz CT molecular complexity index is 609. The van der Waals surface area contributed by atoms with Crippen LogP contribution in [0.3, 0.4) is 0 Å². The number of benzene rings is 1. The molecule has 3 N–H and O–H groups in total. The lowest BCUT2D eigenvalue weighted by Gasteiger charge is -2.55. The summed E-state index contributed by atoms with van der Waals surface area (Å²) in [6, 6.07) is 4.87. The number of phenolic OH excluding ortho intramolecular Hbond substituents is 2. The maximum Gasteiger partial charge on any atom is 0.157 e. The highest BCUT2D eigenvalue weighted by molar-refractivity contribution is 5.42. The van der Waals surface area contributed by atoms with E-state index in [4.69, 9.17) is 4.74 Å². The van der Waals surface area contributed by atoms with E-state index in [1.165, 1.54) is 11.6 Å². The first-order valence-corrected chi connectivity index (χ1v) is 7.83. The van der Waals surface area contributed by atoms with E-state index in [1.807, 2.05) is 0 Å². The van der Waals surface area contributed by atoms with E-state index >= 15 is 0 Å². The number of allylic oxidation sites excluding steroid dienone is 1. The number of fused-ring (bicyclic) bond motifs is 2. The van der Waals surface area contributed by atoms with Gasteiger partial charge in [-0.3, -0.25) is 0 Å². The van der Waals surface area contributed by atoms with Crippen LogP contribution in [0.15, 0.2) is 29.8 Å². The average molecular weight is 304 g/mol. The molecule has 0 amide bonds. The fourth-order valence-corrected chi connectivity index (χ4v) is 4.31. The van der Waals surface area contributed by atoms with Crippen LogP contribution in [0.25, 0.3) is 0 Å². The predicted octanol–water partition coefficient (Wildman–Crippen LogP) is 3.00. The summed E-state index contributed by atoms with van der Waals surface area (Å²) in [5, 5.41) is 29.2. The molecule has 2 bridgehead atoms. The van der Waals surface area contributed by atoms with E-state index in [9.17, 15) is 15.3 Å². The van der Waals surface area contributed by atoms with Crippen LogP contribution in [-0.2, 0) is 4.74 Å². The minimum Gasteiger partial charge on any atom is -0.504 e. The topological polar surface area (TPSA) is 69.9 Å². The van der Waals surface area contributed by atoms with Gasteiger partial charge >= 0.3 is 0 Å². The van der Waals surface area contributed by atoms with Crippen molar-refractivity contribution in [3.8, 4) is 11.5 Å². The zero-order valence-electron chi connectivity index (χ0n) is 13.3. The summed E-state index contributed by atoms with van der Waals surface area (Å²) in [6.45, 7) is 7.05. The number of hydrogen-bond acceptors (Lipinski definition) is 4. The smallest absolute Gasteiger partial charge is 0.157 e. The molecular formula is C18H24O4. The molecule has 1 heterocycles. The first kappa shape index (κ1) is 15.4. The monoisotopic (exact) mass is 304 g/mol. The van der Waals surface area contributed by atoms with Crippen LogP contribution in [0.1, 0.15) is 32.4 Å². The molecule has 0 aromatic heterocycles. The van der Waals surface area contributed by atoms with E-state index in [0.29, 0.717) is 6.61 Å². The van der Waals surface area contributed by atoms with Gasteiger partial charge in [-0.2, -0.15) is 0 Å². The Kier molecular flexibility index (Phi) is 3.69. The highest BCUT2D eigenvalue weighted by Crippen LogP contribution is 2.56. The molecule has 22 heavy (non-hydrogen) atoms. The van der Waals surface area contributed by atoms with Crippen LogP contribution in [0.5, 0.6) is 11.5 Å². The minimum atomic E-state index is -0.236. The molecule has 2 aliphatic rings. The molecule has 1 fully saturated rings. The third-order valence-corrected chi connectivity index (χ3v) is 5.87. The number of aromatic hydroxyl groups is 2. The summed E-state index contributed by atoms with van der Waals surface area (Å²) in [4.78, 5) is 0. The summed E-state index contributed by atoms with van der Waals surface area (Å²) in [5.74, 6) is 0.478. The maximum absolute atomic E-state index is 9.98. The Morgan fingerprint density at radius 1 is 1.23 bits per heavy atom. The SMILES string of the molecule is CC1=CC(C)C2(CO)COC(c3ccc(O)c(O)c3)C1C2C. The number of aliphatic hydroxyl groups is 1. The summed E-state index contributed by atoms with van der Waals surface area (Å²) >= 11 is 0. The Morgan fingerprint density at radius 2 is 1.95 bits per heavy atom. The van der Waals surface area contributed by atoms with Gasteiger partial charge in [0.25, 0.3) is 0 Å². The summed E-state index contributed by atoms with van der Waals surface area (Å²) in [6.07, 6.45) is 2.08. The molecular weight excluding hydrogens is 280 g/mol. The largest absolute Gasteiger partial charge is 0.504 e. The number of hydrogen-bond donors (Lipinski definition) is 3. The summed E-state index contributed by atoms with van der Waals surface area (Å²) in [7, 11) is 0. The predicted molar refractivity (Wildman–Crippen MR) is 83.6 cm³/mol. The van der Waals surface area contributed by atoms with Crippen molar-refractivity contribution in [2.45, 2.75) is 26.9 Å². The number of aliphatic hydroxyl groups excluding tert-OH is 1. The van der Waals surface area contributed by atoms with Crippen molar-refractivity contribution in [1.82, 2.24) is 0 Å². The molecule has 5 unspecified atom stereocenters. The first-order valence-electron chi connectivity index (χ1n) is 7.83. The van der Waals surface area contributed by atoms with Gasteiger partial charge in [-0.25, -0.2) is 0 Å². The molecule has 4 nitrogen and oxygen atoms in total. The van der Waals surface area contributed by atoms with Crippen molar-refractivity contribution in [1.29, 1.82) is 0 Å². The quantitative estimate of drug-likeness (QED) is 0.580. The fourth-order valence-electron chi connectivity index (χ4n) is 4.31. The third kappa shape index (κ3) is 2.05. The average Bonchev–Trinajstić information content (AvgIpc) is 2.48. The molecule has 1 aliphatic heterocycles. The van der Waals surface area contributed by atoms with Gasteiger partial charge in [-0.1, -0.05) is 31.6 Å². The Hall–Kier alpha value is -1.52. The van der Waals surface area contributed by atoms with Crippen molar-refractivity contribution in [2.75, 3.05) is 13.2 Å². The van der Waals surface area contributed by atoms with Crippen LogP contribution >= 0.6 is 0 Å². The number of phenols is 2. The fraction of sp³-hybridized carbons (Fsp3) is 0.556. The van der Waals surface area contributed by atoms with Crippen molar-refractivity contribution in [2.24, 2.45) is 23.2 Å². The maximum atomic E-state index is 9.98. The van der Waals surface area contributed by atoms with E-state index in [1.54, 1.807) is 12.1 Å². The zero-order valence-corrected chi connectivity index (χ0v) is 13.3. The van der Waals surface area contributed by atoms with E-state index < -0.39 is 0 Å². The highest BCUT2D eigenvalue weighted by atomic mass is 16.5.